The molecular weight excluding hydrogens is 308 g/mol. The average molecular weight is 317 g/mol. The van der Waals surface area contributed by atoms with E-state index in [-0.39, 0.29) is 10.6 Å². The molecule has 4 nitrogen and oxygen atoms in total. The van der Waals surface area contributed by atoms with Gasteiger partial charge in [-0.1, -0.05) is 28.1 Å². The fraction of sp³-hybridized carbons (Fsp3) is 0. The Morgan fingerprint density at radius 2 is 2.00 bits per heavy atom. The third kappa shape index (κ3) is 2.13. The van der Waals surface area contributed by atoms with Gasteiger partial charge in [0.2, 0.25) is 0 Å². The zero-order valence-corrected chi connectivity index (χ0v) is 11.3. The summed E-state index contributed by atoms with van der Waals surface area (Å²) in [7, 11) is 0. The maximum atomic E-state index is 10.9. The number of hydrogen-bond donors (Lipinski definition) is 1. The number of nitrogens with zero attached hydrogens (tertiary/aromatic N) is 1. The number of non-ortho nitro benzene ring substituents is 1. The third-order valence-corrected chi connectivity index (χ3v) is 3.46. The molecule has 0 amide bonds. The predicted molar refractivity (Wildman–Crippen MR) is 78.1 cm³/mol. The highest BCUT2D eigenvalue weighted by Gasteiger charge is 2.11. The Bertz CT molecular complexity index is 780. The summed E-state index contributed by atoms with van der Waals surface area (Å²) in [5.41, 5.74) is 2.89. The Balaban J connectivity index is 2.26. The van der Waals surface area contributed by atoms with Crippen molar-refractivity contribution in [2.24, 2.45) is 0 Å². The number of halogens is 1. The molecule has 0 bridgehead atoms. The van der Waals surface area contributed by atoms with Crippen LogP contribution in [0.25, 0.3) is 22.0 Å². The van der Waals surface area contributed by atoms with E-state index in [1.54, 1.807) is 6.07 Å². The summed E-state index contributed by atoms with van der Waals surface area (Å²) >= 11 is 3.32. The first kappa shape index (κ1) is 11.9. The van der Waals surface area contributed by atoms with E-state index in [0.717, 1.165) is 22.0 Å². The molecule has 0 aliphatic carbocycles. The smallest absolute Gasteiger partial charge is 0.271 e. The van der Waals surface area contributed by atoms with Crippen molar-refractivity contribution in [2.45, 2.75) is 0 Å². The Kier molecular flexibility index (Phi) is 2.83. The summed E-state index contributed by atoms with van der Waals surface area (Å²) in [6, 6.07) is 12.8. The molecule has 0 spiro atoms. The molecule has 0 unspecified atom stereocenters. The van der Waals surface area contributed by atoms with Crippen LogP contribution in [0.3, 0.4) is 0 Å². The molecule has 19 heavy (non-hydrogen) atoms. The number of benzene rings is 2. The van der Waals surface area contributed by atoms with Gasteiger partial charge in [-0.15, -0.1) is 0 Å². The quantitative estimate of drug-likeness (QED) is 0.558. The Hall–Kier alpha value is -2.14. The second kappa shape index (κ2) is 4.51. The molecule has 0 atom stereocenters. The van der Waals surface area contributed by atoms with Gasteiger partial charge in [0.05, 0.1) is 4.92 Å². The monoisotopic (exact) mass is 316 g/mol. The lowest BCUT2D eigenvalue weighted by Gasteiger charge is -2.05. The molecule has 3 aromatic rings. The van der Waals surface area contributed by atoms with E-state index in [2.05, 4.69) is 20.9 Å². The normalized spacial score (nSPS) is 10.8. The molecular formula is C14H9BrN2O2. The van der Waals surface area contributed by atoms with Crippen LogP contribution in [0.15, 0.2) is 53.1 Å². The maximum absolute atomic E-state index is 10.9. The minimum Gasteiger partial charge on any atom is -0.361 e. The molecule has 0 aliphatic heterocycles. The van der Waals surface area contributed by atoms with Gasteiger partial charge in [0.1, 0.15) is 0 Å². The Labute approximate surface area is 117 Å². The lowest BCUT2D eigenvalue weighted by atomic mass is 10.0. The molecule has 1 heterocycles. The molecule has 3 rings (SSSR count). The fourth-order valence-corrected chi connectivity index (χ4v) is 2.65. The number of aromatic nitrogens is 1. The van der Waals surface area contributed by atoms with Crippen molar-refractivity contribution in [2.75, 3.05) is 0 Å². The van der Waals surface area contributed by atoms with Crippen molar-refractivity contribution >= 4 is 32.5 Å². The van der Waals surface area contributed by atoms with E-state index in [1.165, 1.54) is 6.07 Å². The van der Waals surface area contributed by atoms with Crippen LogP contribution < -0.4 is 0 Å². The highest BCUT2D eigenvalue weighted by atomic mass is 79.9. The van der Waals surface area contributed by atoms with Crippen LogP contribution in [-0.4, -0.2) is 9.91 Å². The fourth-order valence-electron chi connectivity index (χ4n) is 2.17. The van der Waals surface area contributed by atoms with Gasteiger partial charge in [-0.05, 0) is 29.3 Å². The number of hydrogen-bond acceptors (Lipinski definition) is 2. The first-order valence-corrected chi connectivity index (χ1v) is 6.46. The van der Waals surface area contributed by atoms with Crippen molar-refractivity contribution in [3.8, 4) is 11.1 Å². The van der Waals surface area contributed by atoms with E-state index < -0.39 is 0 Å². The number of fused-ring (bicyclic) bond motifs is 1. The standard InChI is InChI=1S/C14H9BrN2O2/c15-10-6-9(7-11(8-10)17(18)19)12-2-1-3-14-13(12)4-5-16-14/h1-8,16H. The minimum absolute atomic E-state index is 0.0805. The molecule has 1 N–H and O–H groups in total. The average Bonchev–Trinajstić information content (AvgIpc) is 2.85. The number of nitro groups is 1. The predicted octanol–water partition coefficient (Wildman–Crippen LogP) is 4.51. The van der Waals surface area contributed by atoms with Crippen LogP contribution >= 0.6 is 15.9 Å². The summed E-state index contributed by atoms with van der Waals surface area (Å²) in [5, 5.41) is 12.0. The minimum atomic E-state index is -0.383. The molecule has 0 radical (unpaired) electrons. The number of nitrogens with one attached hydrogen (secondary N) is 1. The van der Waals surface area contributed by atoms with Gasteiger partial charge < -0.3 is 4.98 Å². The summed E-state index contributed by atoms with van der Waals surface area (Å²) < 4.78 is 0.698. The molecule has 0 saturated carbocycles. The summed E-state index contributed by atoms with van der Waals surface area (Å²) in [4.78, 5) is 13.7. The zero-order valence-electron chi connectivity index (χ0n) is 9.76. The lowest BCUT2D eigenvalue weighted by molar-refractivity contribution is -0.384. The van der Waals surface area contributed by atoms with Crippen molar-refractivity contribution in [1.82, 2.24) is 4.98 Å². The number of aromatic amines is 1. The molecule has 0 saturated heterocycles. The van der Waals surface area contributed by atoms with Gasteiger partial charge in [0.25, 0.3) is 5.69 Å². The van der Waals surface area contributed by atoms with Crippen LogP contribution in [-0.2, 0) is 0 Å². The van der Waals surface area contributed by atoms with Crippen molar-refractivity contribution in [3.05, 3.63) is 63.2 Å². The molecule has 0 aliphatic rings. The molecule has 5 heteroatoms. The van der Waals surface area contributed by atoms with Gasteiger partial charge in [-0.2, -0.15) is 0 Å². The highest BCUT2D eigenvalue weighted by Crippen LogP contribution is 2.32. The van der Waals surface area contributed by atoms with Gasteiger partial charge in [-0.25, -0.2) is 0 Å². The van der Waals surface area contributed by atoms with Gasteiger partial charge in [0.15, 0.2) is 0 Å². The van der Waals surface area contributed by atoms with Crippen LogP contribution in [0.1, 0.15) is 0 Å². The van der Waals surface area contributed by atoms with Crippen LogP contribution in [0.5, 0.6) is 0 Å². The van der Waals surface area contributed by atoms with Crippen molar-refractivity contribution < 1.29 is 4.92 Å². The van der Waals surface area contributed by atoms with E-state index in [1.807, 2.05) is 36.5 Å². The van der Waals surface area contributed by atoms with Gasteiger partial charge in [-0.3, -0.25) is 10.1 Å². The number of H-pyrrole nitrogens is 1. The second-order valence-electron chi connectivity index (χ2n) is 4.20. The Morgan fingerprint density at radius 3 is 2.79 bits per heavy atom. The van der Waals surface area contributed by atoms with E-state index >= 15 is 0 Å². The summed E-state index contributed by atoms with van der Waals surface area (Å²) in [5.74, 6) is 0. The van der Waals surface area contributed by atoms with Crippen LogP contribution in [0.4, 0.5) is 5.69 Å². The highest BCUT2D eigenvalue weighted by molar-refractivity contribution is 9.10. The van der Waals surface area contributed by atoms with Crippen molar-refractivity contribution in [3.63, 3.8) is 0 Å². The third-order valence-electron chi connectivity index (χ3n) is 3.00. The largest absolute Gasteiger partial charge is 0.361 e. The number of nitro benzene ring substituents is 1. The summed E-state index contributed by atoms with van der Waals surface area (Å²) in [6.07, 6.45) is 1.86. The van der Waals surface area contributed by atoms with Crippen LogP contribution in [0.2, 0.25) is 0 Å². The molecule has 94 valence electrons. The van der Waals surface area contributed by atoms with Crippen LogP contribution in [0, 0.1) is 10.1 Å². The summed E-state index contributed by atoms with van der Waals surface area (Å²) in [6.45, 7) is 0. The SMILES string of the molecule is O=[N+]([O-])c1cc(Br)cc(-c2cccc3[nH]ccc23)c1. The van der Waals surface area contributed by atoms with E-state index in [4.69, 9.17) is 0 Å². The lowest BCUT2D eigenvalue weighted by Crippen LogP contribution is -1.89. The first-order valence-electron chi connectivity index (χ1n) is 5.66. The molecule has 2 aromatic carbocycles. The zero-order chi connectivity index (χ0) is 13.4. The number of rotatable bonds is 2. The second-order valence-corrected chi connectivity index (χ2v) is 5.12. The molecule has 1 aromatic heterocycles. The van der Waals surface area contributed by atoms with E-state index in [9.17, 15) is 10.1 Å². The Morgan fingerprint density at radius 1 is 1.16 bits per heavy atom. The topological polar surface area (TPSA) is 58.9 Å². The van der Waals surface area contributed by atoms with E-state index in [0.29, 0.717) is 4.47 Å². The van der Waals surface area contributed by atoms with Crippen molar-refractivity contribution in [1.29, 1.82) is 0 Å². The maximum Gasteiger partial charge on any atom is 0.271 e. The van der Waals surface area contributed by atoms with Gasteiger partial charge in [0, 0.05) is 33.7 Å². The molecule has 0 fully saturated rings. The van der Waals surface area contributed by atoms with Gasteiger partial charge >= 0.3 is 0 Å². The first-order chi connectivity index (χ1) is 9.15.